The summed E-state index contributed by atoms with van der Waals surface area (Å²) in [6, 6.07) is 16.1. The molecule has 1 aliphatic heterocycles. The van der Waals surface area contributed by atoms with Crippen LogP contribution >= 0.6 is 11.3 Å². The number of carbonyl (C=O) groups is 1. The van der Waals surface area contributed by atoms with E-state index in [1.54, 1.807) is 30.5 Å². The Bertz CT molecular complexity index is 1390. The van der Waals surface area contributed by atoms with E-state index in [4.69, 9.17) is 0 Å². The molecule has 0 radical (unpaired) electrons. The first kappa shape index (κ1) is 18.7. The molecule has 1 amide bonds. The predicted octanol–water partition coefficient (Wildman–Crippen LogP) is 3.81. The normalized spacial score (nSPS) is 14.2. The van der Waals surface area contributed by atoms with Gasteiger partial charge in [0.15, 0.2) is 5.13 Å². The molecule has 0 fully saturated rings. The molecule has 0 saturated heterocycles. The van der Waals surface area contributed by atoms with Crippen LogP contribution in [-0.4, -0.2) is 30.8 Å². The summed E-state index contributed by atoms with van der Waals surface area (Å²) in [6.07, 6.45) is 1.70. The van der Waals surface area contributed by atoms with Gasteiger partial charge in [-0.15, -0.1) is 0 Å². The van der Waals surface area contributed by atoms with E-state index in [0.29, 0.717) is 16.2 Å². The second-order valence-corrected chi connectivity index (χ2v) is 9.67. The summed E-state index contributed by atoms with van der Waals surface area (Å²) in [4.78, 5) is 22.5. The maximum absolute atomic E-state index is 13.0. The zero-order chi connectivity index (χ0) is 20.9. The lowest BCUT2D eigenvalue weighted by atomic mass is 10.1. The van der Waals surface area contributed by atoms with E-state index in [2.05, 4.69) is 15.3 Å². The van der Waals surface area contributed by atoms with E-state index < -0.39 is 15.9 Å². The van der Waals surface area contributed by atoms with Crippen molar-refractivity contribution in [1.29, 1.82) is 0 Å². The highest BCUT2D eigenvalue weighted by Crippen LogP contribution is 2.41. The number of hydrogen-bond acceptors (Lipinski definition) is 6. The monoisotopic (exact) mass is 436 g/mol. The number of nitrogens with zero attached hydrogens (tertiary/aromatic N) is 3. The molecule has 7 nitrogen and oxygen atoms in total. The Balaban J connectivity index is 1.42. The minimum absolute atomic E-state index is 0.228. The first-order valence-corrected chi connectivity index (χ1v) is 11.4. The van der Waals surface area contributed by atoms with Crippen molar-refractivity contribution in [2.24, 2.45) is 0 Å². The van der Waals surface area contributed by atoms with Crippen LogP contribution in [0.1, 0.15) is 5.69 Å². The first-order chi connectivity index (χ1) is 14.4. The average molecular weight is 437 g/mol. The number of anilines is 2. The van der Waals surface area contributed by atoms with Gasteiger partial charge in [-0.25, -0.2) is 13.4 Å². The number of amides is 1. The number of aryl methyl sites for hydroxylation is 1. The lowest BCUT2D eigenvalue weighted by molar-refractivity contribution is -0.114. The van der Waals surface area contributed by atoms with Gasteiger partial charge in [-0.2, -0.15) is 0 Å². The number of aromatic nitrogens is 2. The van der Waals surface area contributed by atoms with Crippen LogP contribution in [0, 0.1) is 6.92 Å². The van der Waals surface area contributed by atoms with Gasteiger partial charge in [-0.3, -0.25) is 14.1 Å². The Kier molecular flexibility index (Phi) is 4.30. The van der Waals surface area contributed by atoms with E-state index >= 15 is 0 Å². The molecule has 0 atom stereocenters. The van der Waals surface area contributed by atoms with Gasteiger partial charge < -0.3 is 5.32 Å². The van der Waals surface area contributed by atoms with Gasteiger partial charge in [-0.05, 0) is 36.6 Å². The van der Waals surface area contributed by atoms with Crippen LogP contribution < -0.4 is 9.62 Å². The molecule has 1 N–H and O–H groups in total. The number of thiazole rings is 1. The van der Waals surface area contributed by atoms with E-state index in [1.165, 1.54) is 11.3 Å². The number of carbonyl (C=O) groups excluding carboxylic acids is 1. The summed E-state index contributed by atoms with van der Waals surface area (Å²) >= 11 is 1.31. The van der Waals surface area contributed by atoms with Crippen LogP contribution in [0.25, 0.3) is 21.3 Å². The smallest absolute Gasteiger partial charge is 0.265 e. The highest BCUT2D eigenvalue weighted by molar-refractivity contribution is 7.93. The van der Waals surface area contributed by atoms with Crippen molar-refractivity contribution in [2.45, 2.75) is 11.8 Å². The molecule has 2 aromatic heterocycles. The van der Waals surface area contributed by atoms with Gasteiger partial charge in [0.25, 0.3) is 10.0 Å². The standard InChI is InChI=1S/C21H16N4O3S2/c1-13-20(15-8-2-3-11-22-15)29-21(23-13)24-18(26)12-25-16-9-4-6-14-7-5-10-17(19(14)16)30(25,27)28/h2-11H,12H2,1H3,(H,23,24,26). The van der Waals surface area contributed by atoms with Gasteiger partial charge in [0, 0.05) is 11.6 Å². The van der Waals surface area contributed by atoms with Crippen molar-refractivity contribution >= 4 is 48.9 Å². The van der Waals surface area contributed by atoms with E-state index in [1.807, 2.05) is 37.3 Å². The van der Waals surface area contributed by atoms with E-state index in [0.717, 1.165) is 26.0 Å². The number of hydrogen-bond donors (Lipinski definition) is 1. The predicted molar refractivity (Wildman–Crippen MR) is 117 cm³/mol. The molecular formula is C21H16N4O3S2. The Labute approximate surface area is 177 Å². The average Bonchev–Trinajstić information content (AvgIpc) is 3.20. The second kappa shape index (κ2) is 6.89. The topological polar surface area (TPSA) is 92.3 Å². The molecule has 2 aromatic carbocycles. The highest BCUT2D eigenvalue weighted by Gasteiger charge is 2.36. The van der Waals surface area contributed by atoms with Crippen LogP contribution in [0.4, 0.5) is 10.8 Å². The maximum Gasteiger partial charge on any atom is 0.265 e. The molecule has 0 spiro atoms. The fraction of sp³-hybridized carbons (Fsp3) is 0.0952. The van der Waals surface area contributed by atoms with Gasteiger partial charge in [0.05, 0.1) is 26.8 Å². The number of sulfonamides is 1. The zero-order valence-electron chi connectivity index (χ0n) is 15.9. The van der Waals surface area contributed by atoms with Gasteiger partial charge in [-0.1, -0.05) is 41.7 Å². The number of pyridine rings is 1. The molecule has 9 heteroatoms. The third kappa shape index (κ3) is 2.94. The third-order valence-electron chi connectivity index (χ3n) is 4.91. The molecule has 1 aliphatic rings. The zero-order valence-corrected chi connectivity index (χ0v) is 17.5. The molecule has 5 rings (SSSR count). The molecule has 150 valence electrons. The van der Waals surface area contributed by atoms with Gasteiger partial charge in [0.1, 0.15) is 6.54 Å². The fourth-order valence-electron chi connectivity index (χ4n) is 3.60. The summed E-state index contributed by atoms with van der Waals surface area (Å²) in [5, 5.41) is 4.61. The van der Waals surface area contributed by atoms with E-state index in [-0.39, 0.29) is 11.4 Å². The molecule has 3 heterocycles. The molecule has 0 bridgehead atoms. The summed E-state index contributed by atoms with van der Waals surface area (Å²) in [5.41, 5.74) is 2.04. The Hall–Kier alpha value is -3.30. The minimum Gasteiger partial charge on any atom is -0.300 e. The van der Waals surface area contributed by atoms with Crippen molar-refractivity contribution in [3.63, 3.8) is 0 Å². The van der Waals surface area contributed by atoms with Crippen molar-refractivity contribution in [1.82, 2.24) is 9.97 Å². The number of nitrogens with one attached hydrogen (secondary N) is 1. The van der Waals surface area contributed by atoms with Crippen LogP contribution in [0.5, 0.6) is 0 Å². The van der Waals surface area contributed by atoms with Crippen LogP contribution in [0.2, 0.25) is 0 Å². The molecule has 30 heavy (non-hydrogen) atoms. The van der Waals surface area contributed by atoms with Gasteiger partial charge in [0.2, 0.25) is 5.91 Å². The third-order valence-corrected chi connectivity index (χ3v) is 7.81. The summed E-state index contributed by atoms with van der Waals surface area (Å²) in [6.45, 7) is 1.52. The van der Waals surface area contributed by atoms with Crippen LogP contribution in [0.3, 0.4) is 0 Å². The molecule has 0 aliphatic carbocycles. The molecular weight excluding hydrogens is 420 g/mol. The van der Waals surface area contributed by atoms with Crippen LogP contribution in [-0.2, 0) is 14.8 Å². The fourth-order valence-corrected chi connectivity index (χ4v) is 6.23. The lowest BCUT2D eigenvalue weighted by Gasteiger charge is -2.17. The minimum atomic E-state index is -3.79. The van der Waals surface area contributed by atoms with E-state index in [9.17, 15) is 13.2 Å². The molecule has 0 unspecified atom stereocenters. The molecule has 4 aromatic rings. The second-order valence-electron chi connectivity index (χ2n) is 6.84. The van der Waals surface area contributed by atoms with Crippen molar-refractivity contribution in [3.8, 4) is 10.6 Å². The van der Waals surface area contributed by atoms with Crippen molar-refractivity contribution in [3.05, 3.63) is 66.5 Å². The summed E-state index contributed by atoms with van der Waals surface area (Å²) in [7, 11) is -3.79. The van der Waals surface area contributed by atoms with Crippen molar-refractivity contribution in [2.75, 3.05) is 16.2 Å². The van der Waals surface area contributed by atoms with Crippen LogP contribution in [0.15, 0.2) is 65.7 Å². The molecule has 0 saturated carbocycles. The Morgan fingerprint density at radius 3 is 2.67 bits per heavy atom. The first-order valence-electron chi connectivity index (χ1n) is 9.18. The quantitative estimate of drug-likeness (QED) is 0.525. The highest BCUT2D eigenvalue weighted by atomic mass is 32.2. The largest absolute Gasteiger partial charge is 0.300 e. The number of rotatable bonds is 4. The Morgan fingerprint density at radius 1 is 1.10 bits per heavy atom. The summed E-state index contributed by atoms with van der Waals surface area (Å²) in [5.74, 6) is -0.454. The summed E-state index contributed by atoms with van der Waals surface area (Å²) < 4.78 is 27.2. The van der Waals surface area contributed by atoms with Crippen molar-refractivity contribution < 1.29 is 13.2 Å². The Morgan fingerprint density at radius 2 is 1.90 bits per heavy atom. The lowest BCUT2D eigenvalue weighted by Crippen LogP contribution is -2.35. The SMILES string of the molecule is Cc1nc(NC(=O)CN2c3cccc4cccc(c34)S2(=O)=O)sc1-c1ccccn1. The maximum atomic E-state index is 13.0. The van der Waals surface area contributed by atoms with Gasteiger partial charge >= 0.3 is 0 Å². The number of benzene rings is 2.